The lowest BCUT2D eigenvalue weighted by molar-refractivity contribution is -0.114. The van der Waals surface area contributed by atoms with Crippen molar-refractivity contribution >= 4 is 66.6 Å². The van der Waals surface area contributed by atoms with Crippen LogP contribution in [-0.4, -0.2) is 18.9 Å². The number of rotatable bonds is 6. The fraction of sp³-hybridized carbons (Fsp3) is 0.107. The molecule has 0 aliphatic heterocycles. The molecule has 1 amide bonds. The van der Waals surface area contributed by atoms with Crippen molar-refractivity contribution in [3.05, 3.63) is 106 Å². The molecule has 5 nitrogen and oxygen atoms in total. The van der Waals surface area contributed by atoms with E-state index in [9.17, 15) is 13.2 Å². The van der Waals surface area contributed by atoms with E-state index in [4.69, 9.17) is 11.6 Å². The third-order valence-corrected chi connectivity index (χ3v) is 9.42. The summed E-state index contributed by atoms with van der Waals surface area (Å²) < 4.78 is 29.8. The molecule has 0 aliphatic rings. The molecule has 5 aromatic rings. The predicted octanol–water partition coefficient (Wildman–Crippen LogP) is 6.69. The Balaban J connectivity index is 1.43. The number of para-hydroxylation sites is 1. The molecule has 182 valence electrons. The summed E-state index contributed by atoms with van der Waals surface area (Å²) in [6.45, 7) is 4.44. The van der Waals surface area contributed by atoms with E-state index in [2.05, 4.69) is 52.7 Å². The summed E-state index contributed by atoms with van der Waals surface area (Å²) in [6, 6.07) is 22.0. The smallest absolute Gasteiger partial charge is 0.273 e. The zero-order valence-corrected chi connectivity index (χ0v) is 22.0. The molecule has 0 aliphatic carbocycles. The van der Waals surface area contributed by atoms with Crippen molar-refractivity contribution in [1.29, 1.82) is 0 Å². The second kappa shape index (κ2) is 9.58. The Kier molecular flexibility index (Phi) is 6.47. The quantitative estimate of drug-likeness (QED) is 0.247. The molecule has 1 N–H and O–H groups in total. The number of nitrogens with one attached hydrogen (secondary N) is 1. The molecule has 0 atom stereocenters. The predicted molar refractivity (Wildman–Crippen MR) is 148 cm³/mol. The number of nitrogens with zero attached hydrogens (tertiary/aromatic N) is 1. The lowest BCUT2D eigenvalue weighted by atomic mass is 10.1. The van der Waals surface area contributed by atoms with Crippen molar-refractivity contribution in [2.45, 2.75) is 24.6 Å². The molecular formula is C28H23ClN2O3S2. The molecule has 2 heterocycles. The Morgan fingerprint density at radius 1 is 1.00 bits per heavy atom. The molecule has 36 heavy (non-hydrogen) atoms. The minimum Gasteiger partial charge on any atom is -0.342 e. The summed E-state index contributed by atoms with van der Waals surface area (Å²) in [5.74, 6) is -0.724. The summed E-state index contributed by atoms with van der Waals surface area (Å²) in [6.07, 6.45) is 5.00. The van der Waals surface area contributed by atoms with Gasteiger partial charge in [-0.2, -0.15) is 0 Å². The van der Waals surface area contributed by atoms with Crippen LogP contribution in [0.5, 0.6) is 0 Å². The number of hydrogen-bond acceptors (Lipinski definition) is 4. The molecule has 0 radical (unpaired) electrons. The lowest BCUT2D eigenvalue weighted by Gasteiger charge is -2.09. The van der Waals surface area contributed by atoms with Gasteiger partial charge in [0.2, 0.25) is 0 Å². The molecule has 0 unspecified atom stereocenters. The number of halogens is 1. The van der Waals surface area contributed by atoms with Gasteiger partial charge in [-0.3, -0.25) is 4.79 Å². The Hall–Kier alpha value is -3.39. The summed E-state index contributed by atoms with van der Waals surface area (Å²) in [7, 11) is -3.99. The summed E-state index contributed by atoms with van der Waals surface area (Å²) in [5, 5.41) is 3.46. The topological polar surface area (TPSA) is 68.2 Å². The second-order valence-corrected chi connectivity index (χ2v) is 12.3. The van der Waals surface area contributed by atoms with Crippen molar-refractivity contribution in [2.24, 2.45) is 0 Å². The van der Waals surface area contributed by atoms with E-state index < -0.39 is 15.9 Å². The molecule has 3 aromatic carbocycles. The van der Waals surface area contributed by atoms with Crippen molar-refractivity contribution in [1.82, 2.24) is 9.29 Å². The summed E-state index contributed by atoms with van der Waals surface area (Å²) >= 11 is 6.92. The van der Waals surface area contributed by atoms with Gasteiger partial charge in [-0.05, 0) is 65.1 Å². The average molecular weight is 535 g/mol. The van der Waals surface area contributed by atoms with Crippen molar-refractivity contribution < 1.29 is 13.2 Å². The van der Waals surface area contributed by atoms with Crippen LogP contribution in [0.15, 0.2) is 83.2 Å². The van der Waals surface area contributed by atoms with E-state index in [1.807, 2.05) is 30.3 Å². The van der Waals surface area contributed by atoms with Crippen LogP contribution in [0.1, 0.15) is 22.3 Å². The SMILES string of the molecule is Cc1cc(S(=O)(=O)NC(=O)/C=C/c2cccc3c(C)cn(Cc4ccc5ccccc5c4)c23)sc1Cl. The summed E-state index contributed by atoms with van der Waals surface area (Å²) in [4.78, 5) is 12.5. The number of fused-ring (bicyclic) bond motifs is 2. The maximum Gasteiger partial charge on any atom is 0.273 e. The normalized spacial score (nSPS) is 12.1. The van der Waals surface area contributed by atoms with E-state index in [1.165, 1.54) is 22.9 Å². The first-order valence-corrected chi connectivity index (χ1v) is 14.0. The largest absolute Gasteiger partial charge is 0.342 e. The van der Waals surface area contributed by atoms with Crippen LogP contribution in [0.4, 0.5) is 0 Å². The van der Waals surface area contributed by atoms with Crippen molar-refractivity contribution in [3.63, 3.8) is 0 Å². The van der Waals surface area contributed by atoms with Crippen LogP contribution in [0.2, 0.25) is 4.34 Å². The number of aromatic nitrogens is 1. The molecule has 0 saturated heterocycles. The van der Waals surface area contributed by atoms with Crippen LogP contribution in [-0.2, 0) is 21.4 Å². The number of aryl methyl sites for hydroxylation is 2. The first kappa shape index (κ1) is 24.3. The molecule has 0 fully saturated rings. The second-order valence-electron chi connectivity index (χ2n) is 8.69. The minimum atomic E-state index is -3.99. The van der Waals surface area contributed by atoms with Crippen LogP contribution in [0, 0.1) is 13.8 Å². The van der Waals surface area contributed by atoms with Gasteiger partial charge < -0.3 is 4.57 Å². The van der Waals surface area contributed by atoms with Gasteiger partial charge in [-0.1, -0.05) is 66.2 Å². The van der Waals surface area contributed by atoms with Crippen LogP contribution in [0.3, 0.4) is 0 Å². The highest BCUT2D eigenvalue weighted by molar-refractivity contribution is 7.92. The Morgan fingerprint density at radius 3 is 2.53 bits per heavy atom. The standard InChI is InChI=1S/C28H23ClN2O3S2/c1-18-14-26(35-28(18)29)36(33,34)30-25(32)13-12-22-8-5-9-24-19(2)16-31(27(22)24)17-20-10-11-21-6-3-4-7-23(21)15-20/h3-16H,17H2,1-2H3,(H,30,32)/b13-12+. The molecular weight excluding hydrogens is 512 g/mol. The number of thiophene rings is 1. The maximum atomic E-state index is 12.6. The van der Waals surface area contributed by atoms with Crippen LogP contribution < -0.4 is 4.72 Å². The van der Waals surface area contributed by atoms with Gasteiger partial charge in [0.1, 0.15) is 4.21 Å². The fourth-order valence-electron chi connectivity index (χ4n) is 4.31. The van der Waals surface area contributed by atoms with Gasteiger partial charge in [-0.25, -0.2) is 13.1 Å². The summed E-state index contributed by atoms with van der Waals surface area (Å²) in [5.41, 5.74) is 4.75. The maximum absolute atomic E-state index is 12.6. The third-order valence-electron chi connectivity index (χ3n) is 6.04. The van der Waals surface area contributed by atoms with Crippen LogP contribution >= 0.6 is 22.9 Å². The number of carbonyl (C=O) groups excluding carboxylic acids is 1. The zero-order chi connectivity index (χ0) is 25.4. The number of carbonyl (C=O) groups is 1. The van der Waals surface area contributed by atoms with Gasteiger partial charge in [0, 0.05) is 24.2 Å². The van der Waals surface area contributed by atoms with Gasteiger partial charge in [0.05, 0.1) is 9.85 Å². The molecule has 0 spiro atoms. The van der Waals surface area contributed by atoms with Crippen molar-refractivity contribution in [2.75, 3.05) is 0 Å². The lowest BCUT2D eigenvalue weighted by Crippen LogP contribution is -2.28. The first-order chi connectivity index (χ1) is 17.2. The Labute approximate surface area is 218 Å². The number of hydrogen-bond donors (Lipinski definition) is 1. The zero-order valence-electron chi connectivity index (χ0n) is 19.7. The minimum absolute atomic E-state index is 0.00809. The molecule has 0 saturated carbocycles. The van der Waals surface area contributed by atoms with E-state index in [-0.39, 0.29) is 4.21 Å². The van der Waals surface area contributed by atoms with E-state index in [0.717, 1.165) is 38.9 Å². The van der Waals surface area contributed by atoms with E-state index >= 15 is 0 Å². The molecule has 8 heteroatoms. The number of sulfonamides is 1. The molecule has 2 aromatic heterocycles. The van der Waals surface area contributed by atoms with Crippen molar-refractivity contribution in [3.8, 4) is 0 Å². The highest BCUT2D eigenvalue weighted by atomic mass is 35.5. The molecule has 5 rings (SSSR count). The molecule has 0 bridgehead atoms. The first-order valence-electron chi connectivity index (χ1n) is 11.3. The monoisotopic (exact) mass is 534 g/mol. The van der Waals surface area contributed by atoms with Gasteiger partial charge in [0.25, 0.3) is 15.9 Å². The van der Waals surface area contributed by atoms with Gasteiger partial charge >= 0.3 is 0 Å². The number of amides is 1. The average Bonchev–Trinajstić information content (AvgIpc) is 3.36. The van der Waals surface area contributed by atoms with Gasteiger partial charge in [-0.15, -0.1) is 11.3 Å². The van der Waals surface area contributed by atoms with Gasteiger partial charge in [0.15, 0.2) is 0 Å². The Morgan fingerprint density at radius 2 is 1.78 bits per heavy atom. The number of benzene rings is 3. The highest BCUT2D eigenvalue weighted by Crippen LogP contribution is 2.30. The highest BCUT2D eigenvalue weighted by Gasteiger charge is 2.20. The van der Waals surface area contributed by atoms with E-state index in [1.54, 1.807) is 13.0 Å². The van der Waals surface area contributed by atoms with Crippen LogP contribution in [0.25, 0.3) is 27.8 Å². The third kappa shape index (κ3) is 4.82. The Bertz CT molecular complexity index is 1750. The van der Waals surface area contributed by atoms with E-state index in [0.29, 0.717) is 16.4 Å². The fourth-order valence-corrected chi connectivity index (χ4v) is 6.96.